The number of para-hydroxylation sites is 1. The Morgan fingerprint density at radius 3 is 2.61 bits per heavy atom. The number of nitrogens with zero attached hydrogens (tertiary/aromatic N) is 6. The second kappa shape index (κ2) is 10.6. The zero-order valence-corrected chi connectivity index (χ0v) is 21.5. The summed E-state index contributed by atoms with van der Waals surface area (Å²) in [5.41, 5.74) is 2.59. The summed E-state index contributed by atoms with van der Waals surface area (Å²) >= 11 is 8.72. The lowest BCUT2D eigenvalue weighted by Crippen LogP contribution is -2.12. The Bertz CT molecular complexity index is 1480. The number of aromatic amines is 1. The van der Waals surface area contributed by atoms with E-state index in [1.54, 1.807) is 19.1 Å². The van der Waals surface area contributed by atoms with Crippen LogP contribution in [0.25, 0.3) is 28.1 Å². The summed E-state index contributed by atoms with van der Waals surface area (Å²) in [4.78, 5) is 15.2. The molecule has 0 radical (unpaired) electrons. The van der Waals surface area contributed by atoms with Gasteiger partial charge in [0.1, 0.15) is 5.82 Å². The number of hydrogen-bond donors (Lipinski definition) is 2. The molecule has 0 bridgehead atoms. The van der Waals surface area contributed by atoms with Gasteiger partial charge in [0.2, 0.25) is 5.16 Å². The first-order valence-corrected chi connectivity index (χ1v) is 13.3. The van der Waals surface area contributed by atoms with E-state index in [9.17, 15) is 4.79 Å². The Morgan fingerprint density at radius 2 is 1.83 bits per heavy atom. The lowest BCUT2D eigenvalue weighted by Gasteiger charge is -2.10. The van der Waals surface area contributed by atoms with Crippen LogP contribution in [0.3, 0.4) is 0 Å². The second-order valence-corrected chi connectivity index (χ2v) is 9.86. The van der Waals surface area contributed by atoms with Crippen molar-refractivity contribution in [2.24, 2.45) is 0 Å². The monoisotopic (exact) mass is 540 g/mol. The van der Waals surface area contributed by atoms with Gasteiger partial charge in [0.15, 0.2) is 11.0 Å². The average molecular weight is 541 g/mol. The fourth-order valence-corrected chi connectivity index (χ4v) is 5.21. The number of halogens is 1. The second-order valence-electron chi connectivity index (χ2n) is 7.54. The molecule has 3 N–H and O–H groups in total. The molecule has 36 heavy (non-hydrogen) atoms. The Kier molecular flexibility index (Phi) is 7.16. The number of thioether (sulfide) groups is 2. The Balaban J connectivity index is 1.38. The summed E-state index contributed by atoms with van der Waals surface area (Å²) in [5.74, 6) is 7.74. The van der Waals surface area contributed by atoms with Gasteiger partial charge in [0.25, 0.3) is 0 Å². The van der Waals surface area contributed by atoms with E-state index >= 15 is 0 Å². The normalized spacial score (nSPS) is 11.3. The van der Waals surface area contributed by atoms with E-state index in [-0.39, 0.29) is 11.7 Å². The molecule has 10 nitrogen and oxygen atoms in total. The van der Waals surface area contributed by atoms with E-state index in [4.69, 9.17) is 22.2 Å². The van der Waals surface area contributed by atoms with Gasteiger partial charge < -0.3 is 15.6 Å². The maximum atomic E-state index is 11.9. The van der Waals surface area contributed by atoms with Gasteiger partial charge in [-0.3, -0.25) is 9.36 Å². The fourth-order valence-electron chi connectivity index (χ4n) is 3.54. The van der Waals surface area contributed by atoms with Crippen LogP contribution in [0.5, 0.6) is 0 Å². The highest BCUT2D eigenvalue weighted by atomic mass is 35.5. The molecule has 2 aromatic carbocycles. The number of H-pyrrole nitrogens is 1. The van der Waals surface area contributed by atoms with Crippen LogP contribution >= 0.6 is 35.1 Å². The van der Waals surface area contributed by atoms with Crippen molar-refractivity contribution in [2.75, 3.05) is 18.2 Å². The van der Waals surface area contributed by atoms with Gasteiger partial charge in [-0.1, -0.05) is 53.3 Å². The van der Waals surface area contributed by atoms with Crippen molar-refractivity contribution in [3.63, 3.8) is 0 Å². The van der Waals surface area contributed by atoms with Crippen molar-refractivity contribution in [1.29, 1.82) is 0 Å². The molecule has 5 aromatic rings. The number of rotatable bonds is 9. The number of fused-ring (bicyclic) bond motifs is 1. The number of carbonyl (C=O) groups excluding carboxylic acids is 1. The van der Waals surface area contributed by atoms with E-state index in [2.05, 4.69) is 25.4 Å². The van der Waals surface area contributed by atoms with Crippen molar-refractivity contribution < 1.29 is 9.53 Å². The predicted octanol–water partition coefficient (Wildman–Crippen LogP) is 4.32. The molecule has 0 saturated carbocycles. The minimum absolute atomic E-state index is 0.123. The SMILES string of the molecule is CCOC(=O)CSc1nnc(CSc2nnc(-c3cc4ccccc4[nH]3)n2N)n1-c1ccc(Cl)cc1. The molecule has 13 heteroatoms. The van der Waals surface area contributed by atoms with Crippen molar-refractivity contribution >= 4 is 52.0 Å². The summed E-state index contributed by atoms with van der Waals surface area (Å²) in [7, 11) is 0. The number of hydrogen-bond acceptors (Lipinski definition) is 9. The van der Waals surface area contributed by atoms with Crippen LogP contribution in [-0.2, 0) is 15.3 Å². The molecule has 3 aromatic heterocycles. The number of carbonyl (C=O) groups is 1. The van der Waals surface area contributed by atoms with Gasteiger partial charge in [0.05, 0.1) is 23.8 Å². The molecule has 0 aliphatic rings. The number of nitrogens with one attached hydrogen (secondary N) is 1. The molecule has 5 rings (SSSR count). The van der Waals surface area contributed by atoms with Crippen LogP contribution in [0.4, 0.5) is 0 Å². The van der Waals surface area contributed by atoms with Gasteiger partial charge >= 0.3 is 5.97 Å². The lowest BCUT2D eigenvalue weighted by molar-refractivity contribution is -0.139. The third kappa shape index (κ3) is 5.06. The van der Waals surface area contributed by atoms with Crippen LogP contribution < -0.4 is 5.84 Å². The maximum Gasteiger partial charge on any atom is 0.316 e. The summed E-state index contributed by atoms with van der Waals surface area (Å²) in [6.07, 6.45) is 0. The molecule has 0 aliphatic heterocycles. The molecule has 0 saturated heterocycles. The largest absolute Gasteiger partial charge is 0.465 e. The molecule has 0 spiro atoms. The molecule has 184 valence electrons. The molecule has 0 amide bonds. The Labute approximate surface area is 219 Å². The van der Waals surface area contributed by atoms with Gasteiger partial charge in [-0.2, -0.15) is 0 Å². The average Bonchev–Trinajstić information content (AvgIpc) is 3.58. The van der Waals surface area contributed by atoms with Crippen LogP contribution in [0.1, 0.15) is 12.7 Å². The van der Waals surface area contributed by atoms with Gasteiger partial charge in [-0.05, 0) is 43.3 Å². The van der Waals surface area contributed by atoms with Gasteiger partial charge in [-0.25, -0.2) is 4.68 Å². The summed E-state index contributed by atoms with van der Waals surface area (Å²) in [6, 6.07) is 17.3. The van der Waals surface area contributed by atoms with E-state index in [0.717, 1.165) is 22.3 Å². The van der Waals surface area contributed by atoms with E-state index < -0.39 is 0 Å². The molecular formula is C23H21ClN8O2S2. The highest BCUT2D eigenvalue weighted by Crippen LogP contribution is 2.29. The van der Waals surface area contributed by atoms with Crippen LogP contribution in [0.2, 0.25) is 5.02 Å². The molecule has 0 atom stereocenters. The highest BCUT2D eigenvalue weighted by Gasteiger charge is 2.19. The Morgan fingerprint density at radius 1 is 1.06 bits per heavy atom. The summed E-state index contributed by atoms with van der Waals surface area (Å²) in [5, 5.41) is 20.0. The number of esters is 1. The van der Waals surface area contributed by atoms with E-state index in [1.807, 2.05) is 47.0 Å². The fraction of sp³-hybridized carbons (Fsp3) is 0.174. The zero-order valence-electron chi connectivity index (χ0n) is 19.1. The highest BCUT2D eigenvalue weighted by molar-refractivity contribution is 7.99. The van der Waals surface area contributed by atoms with Crippen molar-refractivity contribution in [2.45, 2.75) is 23.0 Å². The topological polar surface area (TPSA) is 130 Å². The maximum absolute atomic E-state index is 11.9. The first-order chi connectivity index (χ1) is 17.5. The van der Waals surface area contributed by atoms with E-state index in [1.165, 1.54) is 28.2 Å². The lowest BCUT2D eigenvalue weighted by atomic mass is 10.2. The number of ether oxygens (including phenoxy) is 1. The van der Waals surface area contributed by atoms with Crippen molar-refractivity contribution in [3.05, 3.63) is 65.4 Å². The molecule has 0 unspecified atom stereocenters. The van der Waals surface area contributed by atoms with Crippen molar-refractivity contribution in [3.8, 4) is 17.2 Å². The minimum Gasteiger partial charge on any atom is -0.465 e. The number of aromatic nitrogens is 7. The third-order valence-corrected chi connectivity index (χ3v) is 7.27. The Hall–Kier alpha value is -3.48. The predicted molar refractivity (Wildman–Crippen MR) is 141 cm³/mol. The zero-order chi connectivity index (χ0) is 25.1. The van der Waals surface area contributed by atoms with E-state index in [0.29, 0.717) is 39.3 Å². The van der Waals surface area contributed by atoms with Crippen molar-refractivity contribution in [1.82, 2.24) is 34.6 Å². The molecule has 3 heterocycles. The minimum atomic E-state index is -0.315. The van der Waals surface area contributed by atoms with Crippen LogP contribution in [0, 0.1) is 0 Å². The molecule has 0 aliphatic carbocycles. The van der Waals surface area contributed by atoms with Gasteiger partial charge in [0, 0.05) is 21.6 Å². The summed E-state index contributed by atoms with van der Waals surface area (Å²) < 4.78 is 8.37. The number of benzene rings is 2. The quantitative estimate of drug-likeness (QED) is 0.159. The number of nitrogens with two attached hydrogens (primary N) is 1. The third-order valence-electron chi connectivity index (χ3n) is 5.18. The summed E-state index contributed by atoms with van der Waals surface area (Å²) in [6.45, 7) is 2.10. The van der Waals surface area contributed by atoms with Gasteiger partial charge in [-0.15, -0.1) is 20.4 Å². The standard InChI is InChI=1S/C23H21ClN8O2S2/c1-2-34-20(33)13-36-22-29-27-19(31(22)16-9-7-15(24)8-10-16)12-35-23-30-28-21(32(23)25)18-11-14-5-3-4-6-17(14)26-18/h3-11,26H,2,12-13,25H2,1H3. The first-order valence-electron chi connectivity index (χ1n) is 10.9. The number of nitrogen functional groups attached to an aromatic ring is 1. The molecular weight excluding hydrogens is 520 g/mol. The van der Waals surface area contributed by atoms with Crippen LogP contribution in [0.15, 0.2) is 64.9 Å². The molecule has 0 fully saturated rings. The first kappa shape index (κ1) is 24.2. The smallest absolute Gasteiger partial charge is 0.316 e. The van der Waals surface area contributed by atoms with Crippen LogP contribution in [-0.4, -0.2) is 53.0 Å².